The first-order chi connectivity index (χ1) is 8.15. The zero-order valence-corrected chi connectivity index (χ0v) is 10.6. The lowest BCUT2D eigenvalue weighted by Crippen LogP contribution is -2.44. The van der Waals surface area contributed by atoms with E-state index in [9.17, 15) is 4.39 Å². The van der Waals surface area contributed by atoms with Gasteiger partial charge in [0.2, 0.25) is 0 Å². The van der Waals surface area contributed by atoms with Crippen LogP contribution >= 0.6 is 0 Å². The lowest BCUT2D eigenvalue weighted by atomic mass is 10.0. The number of hydrogen-bond donors (Lipinski definition) is 1. The van der Waals surface area contributed by atoms with Crippen molar-refractivity contribution in [3.63, 3.8) is 0 Å². The maximum absolute atomic E-state index is 13.1. The molecule has 0 radical (unpaired) electrons. The molecule has 0 amide bonds. The Kier molecular flexibility index (Phi) is 4.13. The van der Waals surface area contributed by atoms with Crippen LogP contribution in [0.3, 0.4) is 0 Å². The predicted octanol–water partition coefficient (Wildman–Crippen LogP) is 2.57. The van der Waals surface area contributed by atoms with E-state index in [-0.39, 0.29) is 11.9 Å². The molecular formula is C14H21FN2. The lowest BCUT2D eigenvalue weighted by Gasteiger charge is -2.32. The Labute approximate surface area is 103 Å². The first-order valence-electron chi connectivity index (χ1n) is 6.35. The molecular weight excluding hydrogens is 215 g/mol. The Morgan fingerprint density at radius 2 is 2.29 bits per heavy atom. The molecule has 0 spiro atoms. The number of benzene rings is 1. The Bertz CT molecular complexity index is 367. The third-order valence-corrected chi connectivity index (χ3v) is 3.46. The van der Waals surface area contributed by atoms with Gasteiger partial charge in [-0.05, 0) is 51.1 Å². The van der Waals surface area contributed by atoms with Gasteiger partial charge < -0.3 is 10.2 Å². The molecule has 94 valence electrons. The fourth-order valence-corrected chi connectivity index (χ4v) is 2.53. The molecule has 17 heavy (non-hydrogen) atoms. The third-order valence-electron chi connectivity index (χ3n) is 3.46. The number of likely N-dealkylation sites (N-methyl/N-ethyl adjacent to an activating group) is 1. The molecule has 1 heterocycles. The molecule has 2 unspecified atom stereocenters. The van der Waals surface area contributed by atoms with Gasteiger partial charge in [0, 0.05) is 18.6 Å². The van der Waals surface area contributed by atoms with Gasteiger partial charge in [-0.1, -0.05) is 12.1 Å². The highest BCUT2D eigenvalue weighted by Crippen LogP contribution is 2.17. The molecule has 1 N–H and O–H groups in total. The van der Waals surface area contributed by atoms with Crippen LogP contribution in [0.5, 0.6) is 0 Å². The van der Waals surface area contributed by atoms with Gasteiger partial charge in [-0.2, -0.15) is 0 Å². The van der Waals surface area contributed by atoms with Crippen molar-refractivity contribution in [2.75, 3.05) is 20.1 Å². The van der Waals surface area contributed by atoms with Crippen LogP contribution in [-0.2, 0) is 0 Å². The summed E-state index contributed by atoms with van der Waals surface area (Å²) in [7, 11) is 2.15. The smallest absolute Gasteiger partial charge is 0.123 e. The number of likely N-dealkylation sites (tertiary alicyclic amines) is 1. The summed E-state index contributed by atoms with van der Waals surface area (Å²) in [6.45, 7) is 4.37. The Hall–Kier alpha value is -0.930. The highest BCUT2D eigenvalue weighted by molar-refractivity contribution is 5.19. The van der Waals surface area contributed by atoms with Crippen molar-refractivity contribution < 1.29 is 4.39 Å². The largest absolute Gasteiger partial charge is 0.306 e. The normalized spacial score (nSPS) is 23.6. The first-order valence-corrected chi connectivity index (χ1v) is 6.35. The zero-order valence-electron chi connectivity index (χ0n) is 10.6. The van der Waals surface area contributed by atoms with Crippen LogP contribution in [0.25, 0.3) is 0 Å². The minimum absolute atomic E-state index is 0.156. The van der Waals surface area contributed by atoms with E-state index in [0.717, 1.165) is 12.1 Å². The molecule has 0 saturated carbocycles. The molecule has 2 nitrogen and oxygen atoms in total. The standard InChI is InChI=1S/C14H21FN2/c1-11(12-5-3-6-13(15)9-12)16-14-7-4-8-17(2)10-14/h3,5-6,9,11,14,16H,4,7-8,10H2,1-2H3. The Balaban J connectivity index is 1.94. The maximum Gasteiger partial charge on any atom is 0.123 e. The summed E-state index contributed by atoms with van der Waals surface area (Å²) in [5.74, 6) is -0.156. The average Bonchev–Trinajstić information content (AvgIpc) is 2.29. The van der Waals surface area contributed by atoms with Crippen molar-refractivity contribution >= 4 is 0 Å². The first kappa shape index (κ1) is 12.5. The second-order valence-electron chi connectivity index (χ2n) is 5.04. The fraction of sp³-hybridized carbons (Fsp3) is 0.571. The minimum Gasteiger partial charge on any atom is -0.306 e. The van der Waals surface area contributed by atoms with E-state index in [1.54, 1.807) is 12.1 Å². The third kappa shape index (κ3) is 3.51. The van der Waals surface area contributed by atoms with Gasteiger partial charge in [-0.25, -0.2) is 4.39 Å². The van der Waals surface area contributed by atoms with E-state index in [0.29, 0.717) is 6.04 Å². The van der Waals surface area contributed by atoms with Crippen LogP contribution < -0.4 is 5.32 Å². The maximum atomic E-state index is 13.1. The molecule has 1 aromatic rings. The Morgan fingerprint density at radius 1 is 1.47 bits per heavy atom. The summed E-state index contributed by atoms with van der Waals surface area (Å²) in [5, 5.41) is 3.58. The van der Waals surface area contributed by atoms with Crippen LogP contribution in [-0.4, -0.2) is 31.1 Å². The summed E-state index contributed by atoms with van der Waals surface area (Å²) < 4.78 is 13.1. The van der Waals surface area contributed by atoms with Crippen LogP contribution in [0.4, 0.5) is 4.39 Å². The highest BCUT2D eigenvalue weighted by Gasteiger charge is 2.19. The van der Waals surface area contributed by atoms with Gasteiger partial charge >= 0.3 is 0 Å². The van der Waals surface area contributed by atoms with Gasteiger partial charge in [-0.15, -0.1) is 0 Å². The highest BCUT2D eigenvalue weighted by atomic mass is 19.1. The molecule has 2 atom stereocenters. The fourth-order valence-electron chi connectivity index (χ4n) is 2.53. The number of hydrogen-bond acceptors (Lipinski definition) is 2. The molecule has 1 aromatic carbocycles. The number of nitrogens with one attached hydrogen (secondary N) is 1. The van der Waals surface area contributed by atoms with Crippen molar-refractivity contribution in [3.05, 3.63) is 35.6 Å². The predicted molar refractivity (Wildman–Crippen MR) is 68.5 cm³/mol. The summed E-state index contributed by atoms with van der Waals surface area (Å²) in [6, 6.07) is 7.59. The van der Waals surface area contributed by atoms with Gasteiger partial charge in [-0.3, -0.25) is 0 Å². The van der Waals surface area contributed by atoms with Crippen molar-refractivity contribution in [1.29, 1.82) is 0 Å². The topological polar surface area (TPSA) is 15.3 Å². The molecule has 1 aliphatic heterocycles. The summed E-state index contributed by atoms with van der Waals surface area (Å²) in [5.41, 5.74) is 1.03. The summed E-state index contributed by atoms with van der Waals surface area (Å²) in [6.07, 6.45) is 2.45. The number of piperidine rings is 1. The van der Waals surface area contributed by atoms with Crippen molar-refractivity contribution in [2.24, 2.45) is 0 Å². The Morgan fingerprint density at radius 3 is 3.00 bits per heavy atom. The number of halogens is 1. The second-order valence-corrected chi connectivity index (χ2v) is 5.04. The molecule has 1 saturated heterocycles. The lowest BCUT2D eigenvalue weighted by molar-refractivity contribution is 0.218. The van der Waals surface area contributed by atoms with Crippen molar-refractivity contribution in [3.8, 4) is 0 Å². The number of rotatable bonds is 3. The molecule has 2 rings (SSSR count). The van der Waals surface area contributed by atoms with Crippen molar-refractivity contribution in [1.82, 2.24) is 10.2 Å². The quantitative estimate of drug-likeness (QED) is 0.867. The van der Waals surface area contributed by atoms with E-state index >= 15 is 0 Å². The summed E-state index contributed by atoms with van der Waals surface area (Å²) in [4.78, 5) is 2.35. The summed E-state index contributed by atoms with van der Waals surface area (Å²) >= 11 is 0. The van der Waals surface area contributed by atoms with Gasteiger partial charge in [0.15, 0.2) is 0 Å². The van der Waals surface area contributed by atoms with Crippen LogP contribution in [0.2, 0.25) is 0 Å². The van der Waals surface area contributed by atoms with E-state index in [1.165, 1.54) is 25.5 Å². The van der Waals surface area contributed by atoms with Crippen LogP contribution in [0, 0.1) is 5.82 Å². The molecule has 0 bridgehead atoms. The van der Waals surface area contributed by atoms with Crippen LogP contribution in [0.15, 0.2) is 24.3 Å². The van der Waals surface area contributed by atoms with Crippen molar-refractivity contribution in [2.45, 2.75) is 31.8 Å². The monoisotopic (exact) mass is 236 g/mol. The van der Waals surface area contributed by atoms with Gasteiger partial charge in [0.1, 0.15) is 5.82 Å². The minimum atomic E-state index is -0.156. The molecule has 0 aliphatic carbocycles. The van der Waals surface area contributed by atoms with Gasteiger partial charge in [0.25, 0.3) is 0 Å². The second kappa shape index (κ2) is 5.61. The zero-order chi connectivity index (χ0) is 12.3. The van der Waals surface area contributed by atoms with E-state index in [4.69, 9.17) is 0 Å². The molecule has 0 aromatic heterocycles. The van der Waals surface area contributed by atoms with Gasteiger partial charge in [0.05, 0.1) is 0 Å². The molecule has 1 aliphatic rings. The van der Waals surface area contributed by atoms with Crippen LogP contribution in [0.1, 0.15) is 31.4 Å². The van der Waals surface area contributed by atoms with E-state index < -0.39 is 0 Å². The average molecular weight is 236 g/mol. The van der Waals surface area contributed by atoms with E-state index in [1.807, 2.05) is 6.07 Å². The SMILES string of the molecule is CC(NC1CCCN(C)C1)c1cccc(F)c1. The molecule has 1 fully saturated rings. The number of nitrogens with zero attached hydrogens (tertiary/aromatic N) is 1. The molecule has 3 heteroatoms. The van der Waals surface area contributed by atoms with E-state index in [2.05, 4.69) is 24.2 Å².